The van der Waals surface area contributed by atoms with Crippen molar-refractivity contribution in [1.29, 1.82) is 0 Å². The Morgan fingerprint density at radius 2 is 1.83 bits per heavy atom. The number of ether oxygens (including phenoxy) is 2. The van der Waals surface area contributed by atoms with Crippen LogP contribution in [-0.2, 0) is 20.9 Å². The Kier molecular flexibility index (Phi) is 10.9. The van der Waals surface area contributed by atoms with Gasteiger partial charge in [-0.05, 0) is 75.6 Å². The van der Waals surface area contributed by atoms with E-state index in [1.54, 1.807) is 24.3 Å². The van der Waals surface area contributed by atoms with Crippen molar-refractivity contribution in [2.75, 3.05) is 57.9 Å². The van der Waals surface area contributed by atoms with Gasteiger partial charge in [0.25, 0.3) is 0 Å². The van der Waals surface area contributed by atoms with Crippen LogP contribution in [0.1, 0.15) is 39.2 Å². The first-order valence-corrected chi connectivity index (χ1v) is 18.4. The highest BCUT2D eigenvalue weighted by atomic mass is 16.5. The summed E-state index contributed by atoms with van der Waals surface area (Å²) in [5.74, 6) is 1.26. The van der Waals surface area contributed by atoms with Gasteiger partial charge in [-0.15, -0.1) is 0 Å². The maximum absolute atomic E-state index is 13.9. The Balaban J connectivity index is 0.933. The highest BCUT2D eigenvalue weighted by Crippen LogP contribution is 2.32. The molecule has 276 valence electrons. The van der Waals surface area contributed by atoms with E-state index in [9.17, 15) is 9.59 Å². The molecule has 1 N–H and O–H groups in total. The second-order valence-corrected chi connectivity index (χ2v) is 13.9. The van der Waals surface area contributed by atoms with Gasteiger partial charge in [-0.3, -0.25) is 24.3 Å². The molecule has 0 aliphatic carbocycles. The van der Waals surface area contributed by atoms with Crippen molar-refractivity contribution in [1.82, 2.24) is 39.7 Å². The Morgan fingerprint density at radius 3 is 2.55 bits per heavy atom. The smallest absolute Gasteiger partial charge is 0.237 e. The highest BCUT2D eigenvalue weighted by Gasteiger charge is 2.33. The van der Waals surface area contributed by atoms with E-state index >= 15 is 0 Å². The minimum Gasteiger partial charge on any atom is -0.475 e. The number of carbonyl (C=O) groups is 2. The fourth-order valence-corrected chi connectivity index (χ4v) is 7.09. The van der Waals surface area contributed by atoms with E-state index in [-0.39, 0.29) is 23.8 Å². The van der Waals surface area contributed by atoms with Crippen LogP contribution in [0, 0.1) is 5.92 Å². The zero-order valence-electron chi connectivity index (χ0n) is 30.9. The van der Waals surface area contributed by atoms with Crippen LogP contribution in [0.3, 0.4) is 0 Å². The van der Waals surface area contributed by atoms with E-state index in [2.05, 4.69) is 48.4 Å². The van der Waals surface area contributed by atoms with Crippen molar-refractivity contribution in [2.24, 2.45) is 5.92 Å². The number of aromatic amines is 1. The number of pyridine rings is 1. The summed E-state index contributed by atoms with van der Waals surface area (Å²) in [6.45, 7) is 10.6. The van der Waals surface area contributed by atoms with Crippen molar-refractivity contribution < 1.29 is 19.1 Å². The zero-order valence-corrected chi connectivity index (χ0v) is 30.9. The zero-order chi connectivity index (χ0) is 36.9. The molecular formula is C40H47N9O4. The number of anilines is 1. The summed E-state index contributed by atoms with van der Waals surface area (Å²) in [5.41, 5.74) is 6.68. The van der Waals surface area contributed by atoms with Gasteiger partial charge in [-0.2, -0.15) is 10.2 Å². The van der Waals surface area contributed by atoms with Gasteiger partial charge >= 0.3 is 0 Å². The van der Waals surface area contributed by atoms with Crippen molar-refractivity contribution >= 4 is 34.0 Å². The predicted molar refractivity (Wildman–Crippen MR) is 204 cm³/mol. The molecule has 0 radical (unpaired) electrons. The maximum Gasteiger partial charge on any atom is 0.237 e. The van der Waals surface area contributed by atoms with Crippen LogP contribution < -0.4 is 9.64 Å². The molecule has 2 aliphatic heterocycles. The number of fused-ring (bicyclic) bond motifs is 1. The van der Waals surface area contributed by atoms with Crippen molar-refractivity contribution in [2.45, 2.75) is 46.3 Å². The molecule has 13 nitrogen and oxygen atoms in total. The third kappa shape index (κ3) is 8.16. The molecule has 3 aromatic heterocycles. The molecule has 1 atom stereocenters. The third-order valence-corrected chi connectivity index (χ3v) is 9.92. The predicted octanol–water partition coefficient (Wildman–Crippen LogP) is 5.31. The van der Waals surface area contributed by atoms with E-state index in [1.165, 1.54) is 5.57 Å². The number of likely N-dealkylation sites (tertiary alicyclic amines) is 1. The Labute approximate surface area is 309 Å². The van der Waals surface area contributed by atoms with Gasteiger partial charge < -0.3 is 19.3 Å². The second kappa shape index (κ2) is 16.1. The van der Waals surface area contributed by atoms with Gasteiger partial charge in [0, 0.05) is 67.8 Å². The van der Waals surface area contributed by atoms with E-state index in [0.29, 0.717) is 57.6 Å². The van der Waals surface area contributed by atoms with E-state index in [1.807, 2.05) is 73.0 Å². The molecule has 5 aromatic rings. The Hall–Kier alpha value is -5.40. The summed E-state index contributed by atoms with van der Waals surface area (Å²) in [6.07, 6.45) is 7.19. The molecule has 2 aliphatic rings. The molecule has 5 heterocycles. The van der Waals surface area contributed by atoms with E-state index in [4.69, 9.17) is 9.47 Å². The number of hydrogen-bond donors (Lipinski definition) is 1. The van der Waals surface area contributed by atoms with Crippen molar-refractivity contribution in [3.05, 3.63) is 78.8 Å². The van der Waals surface area contributed by atoms with Gasteiger partial charge in [-0.25, -0.2) is 9.97 Å². The summed E-state index contributed by atoms with van der Waals surface area (Å²) < 4.78 is 12.6. The van der Waals surface area contributed by atoms with Crippen LogP contribution in [0.4, 0.5) is 5.69 Å². The molecule has 0 bridgehead atoms. The van der Waals surface area contributed by atoms with Crippen LogP contribution in [0.2, 0.25) is 0 Å². The number of nitrogens with zero attached hydrogens (tertiary/aromatic N) is 8. The minimum absolute atomic E-state index is 0.0395. The SMILES string of the molecule is CCN(C(=O)C1CCN(CC(=O)N2CC=C(c3ccc(-c4ncn(CCOC)n4)cc3)CC2)C1)c1ccc2[nH]nc(-c3ccc(OC(C)C)nc3)c2c1. The monoisotopic (exact) mass is 717 g/mol. The van der Waals surface area contributed by atoms with Crippen molar-refractivity contribution in [3.8, 4) is 28.5 Å². The average Bonchev–Trinajstić information content (AvgIpc) is 3.95. The number of aromatic nitrogens is 6. The highest BCUT2D eigenvalue weighted by molar-refractivity contribution is 6.00. The number of amides is 2. The van der Waals surface area contributed by atoms with Crippen LogP contribution in [-0.4, -0.2) is 111 Å². The quantitative estimate of drug-likeness (QED) is 0.172. The molecule has 0 spiro atoms. The molecule has 1 saturated heterocycles. The number of nitrogens with one attached hydrogen (secondary N) is 1. The molecule has 1 fully saturated rings. The van der Waals surface area contributed by atoms with Crippen LogP contribution >= 0.6 is 0 Å². The average molecular weight is 718 g/mol. The lowest BCUT2D eigenvalue weighted by Crippen LogP contribution is -2.42. The van der Waals surface area contributed by atoms with Gasteiger partial charge in [-0.1, -0.05) is 30.3 Å². The number of benzene rings is 2. The summed E-state index contributed by atoms with van der Waals surface area (Å²) in [5, 5.41) is 13.1. The topological polar surface area (TPSA) is 135 Å². The van der Waals surface area contributed by atoms with E-state index in [0.717, 1.165) is 58.4 Å². The van der Waals surface area contributed by atoms with Crippen LogP contribution in [0.5, 0.6) is 5.88 Å². The summed E-state index contributed by atoms with van der Waals surface area (Å²) in [7, 11) is 1.67. The minimum atomic E-state index is -0.176. The third-order valence-electron chi connectivity index (χ3n) is 9.92. The first-order chi connectivity index (χ1) is 25.8. The van der Waals surface area contributed by atoms with Crippen molar-refractivity contribution in [3.63, 3.8) is 0 Å². The molecule has 1 unspecified atom stereocenters. The Morgan fingerprint density at radius 1 is 1.02 bits per heavy atom. The van der Waals surface area contributed by atoms with Crippen LogP contribution in [0.25, 0.3) is 39.1 Å². The van der Waals surface area contributed by atoms with Gasteiger partial charge in [0.2, 0.25) is 17.7 Å². The second-order valence-electron chi connectivity index (χ2n) is 13.9. The fraction of sp³-hybridized carbons (Fsp3) is 0.400. The molecule has 53 heavy (non-hydrogen) atoms. The first-order valence-electron chi connectivity index (χ1n) is 18.4. The van der Waals surface area contributed by atoms with Gasteiger partial charge in [0.15, 0.2) is 5.82 Å². The van der Waals surface area contributed by atoms with Gasteiger partial charge in [0.05, 0.1) is 37.2 Å². The number of H-pyrrole nitrogens is 1. The lowest BCUT2D eigenvalue weighted by molar-refractivity contribution is -0.132. The largest absolute Gasteiger partial charge is 0.475 e. The lowest BCUT2D eigenvalue weighted by Gasteiger charge is -2.29. The summed E-state index contributed by atoms with van der Waals surface area (Å²) in [4.78, 5) is 42.1. The number of methoxy groups -OCH3 is 1. The number of hydrogen-bond acceptors (Lipinski definition) is 9. The Bertz CT molecular complexity index is 2070. The molecular weight excluding hydrogens is 670 g/mol. The van der Waals surface area contributed by atoms with E-state index < -0.39 is 0 Å². The number of carbonyl (C=O) groups excluding carboxylic acids is 2. The van der Waals surface area contributed by atoms with Crippen LogP contribution in [0.15, 0.2) is 73.2 Å². The maximum atomic E-state index is 13.9. The molecule has 13 heteroatoms. The summed E-state index contributed by atoms with van der Waals surface area (Å²) in [6, 6.07) is 18.0. The fourth-order valence-electron chi connectivity index (χ4n) is 7.09. The normalized spacial score (nSPS) is 16.4. The van der Waals surface area contributed by atoms with Gasteiger partial charge in [0.1, 0.15) is 12.0 Å². The molecule has 2 aromatic carbocycles. The number of rotatable bonds is 13. The molecule has 0 saturated carbocycles. The lowest BCUT2D eigenvalue weighted by atomic mass is 9.98. The summed E-state index contributed by atoms with van der Waals surface area (Å²) >= 11 is 0. The standard InChI is InChI=1S/C40H47N9O4/c1-5-49(33-11-12-35-34(22-33)38(44-43-35)31-10-13-36(41-23-31)53-27(2)3)40(51)32-14-17-46(24-32)25-37(50)47-18-15-29(16-19-47)28-6-8-30(9-7-28)39-42-26-48(45-39)20-21-52-4/h6-13,15,22-23,26-27,32H,5,14,16-21,24-25H2,1-4H3,(H,43,44). The molecule has 2 amide bonds. The molecule has 7 rings (SSSR count). The first kappa shape index (κ1) is 36.0.